The maximum absolute atomic E-state index is 11.8. The van der Waals surface area contributed by atoms with Gasteiger partial charge in [-0.3, -0.25) is 10.2 Å². The van der Waals surface area contributed by atoms with Crippen LogP contribution in [0.5, 0.6) is 0 Å². The second-order valence-electron chi connectivity index (χ2n) is 4.47. The molecule has 0 radical (unpaired) electrons. The molecule has 2 rings (SSSR count). The lowest BCUT2D eigenvalue weighted by Crippen LogP contribution is -2.33. The highest BCUT2D eigenvalue weighted by atomic mass is 79.9. The van der Waals surface area contributed by atoms with Crippen molar-refractivity contribution in [3.63, 3.8) is 0 Å². The molecule has 0 heterocycles. The number of hydrogen-bond donors (Lipinski definition) is 2. The normalized spacial score (nSPS) is 15.1. The van der Waals surface area contributed by atoms with E-state index in [-0.39, 0.29) is 5.91 Å². The van der Waals surface area contributed by atoms with Crippen molar-refractivity contribution in [1.29, 1.82) is 0 Å². The number of hydrogen-bond acceptors (Lipinski definition) is 2. The smallest absolute Gasteiger partial charge is 0.269 e. The summed E-state index contributed by atoms with van der Waals surface area (Å²) in [5.41, 5.74) is 7.61. The topological polar surface area (TPSA) is 41.1 Å². The fraction of sp³-hybridized carbons (Fsp3) is 0.357. The molecule has 4 heteroatoms. The van der Waals surface area contributed by atoms with E-state index >= 15 is 0 Å². The zero-order valence-electron chi connectivity index (χ0n) is 10.2. The number of nitrogens with one attached hydrogen (secondary N) is 2. The summed E-state index contributed by atoms with van der Waals surface area (Å²) in [4.78, 5) is 11.8. The van der Waals surface area contributed by atoms with Crippen molar-refractivity contribution in [3.8, 4) is 0 Å². The molecule has 1 amide bonds. The Morgan fingerprint density at radius 2 is 1.78 bits per heavy atom. The first-order valence-electron chi connectivity index (χ1n) is 6.25. The quantitative estimate of drug-likeness (QED) is 0.839. The molecule has 0 atom stereocenters. The molecule has 1 fully saturated rings. The molecule has 1 aromatic rings. The first-order chi connectivity index (χ1) is 8.75. The molecule has 1 aliphatic rings. The van der Waals surface area contributed by atoms with Crippen molar-refractivity contribution in [2.24, 2.45) is 0 Å². The lowest BCUT2D eigenvalue weighted by molar-refractivity contribution is 0.0941. The zero-order valence-corrected chi connectivity index (χ0v) is 11.8. The van der Waals surface area contributed by atoms with Gasteiger partial charge in [0.15, 0.2) is 0 Å². The van der Waals surface area contributed by atoms with Gasteiger partial charge >= 0.3 is 0 Å². The Labute approximate surface area is 116 Å². The first-order valence-corrected chi connectivity index (χ1v) is 7.04. The largest absolute Gasteiger partial charge is 0.306 e. The number of carbonyl (C=O) groups excluding carboxylic acids is 1. The molecule has 3 nitrogen and oxygen atoms in total. The number of benzene rings is 1. The summed E-state index contributed by atoms with van der Waals surface area (Å²) in [6.07, 6.45) is 8.04. The second kappa shape index (κ2) is 6.59. The van der Waals surface area contributed by atoms with Crippen LogP contribution in [0.2, 0.25) is 0 Å². The molecule has 0 saturated heterocycles. The minimum absolute atomic E-state index is 0.116. The summed E-state index contributed by atoms with van der Waals surface area (Å²) in [5, 5.41) is 0. The average Bonchev–Trinajstić information content (AvgIpc) is 2.40. The van der Waals surface area contributed by atoms with E-state index in [2.05, 4.69) is 26.8 Å². The molecule has 18 heavy (non-hydrogen) atoms. The molecule has 0 bridgehead atoms. The SMILES string of the molecule is O=C(NNC=C1CCCCC1)c1ccc(Br)cc1. The van der Waals surface area contributed by atoms with E-state index in [1.807, 2.05) is 18.3 Å². The van der Waals surface area contributed by atoms with Gasteiger partial charge in [0.25, 0.3) is 5.91 Å². The molecular formula is C14H17BrN2O. The van der Waals surface area contributed by atoms with Crippen LogP contribution < -0.4 is 10.9 Å². The number of rotatable bonds is 3. The number of halogens is 1. The fourth-order valence-corrected chi connectivity index (χ4v) is 2.29. The molecule has 0 aromatic heterocycles. The standard InChI is InChI=1S/C14H17BrN2O/c15-13-8-6-12(7-9-13)14(18)17-16-10-11-4-2-1-3-5-11/h6-10,16H,1-5H2,(H,17,18). The van der Waals surface area contributed by atoms with E-state index in [4.69, 9.17) is 0 Å². The molecule has 0 aliphatic heterocycles. The summed E-state index contributed by atoms with van der Waals surface area (Å²) >= 11 is 3.34. The molecule has 1 aliphatic carbocycles. The molecule has 0 unspecified atom stereocenters. The maximum atomic E-state index is 11.8. The van der Waals surface area contributed by atoms with E-state index in [1.54, 1.807) is 12.1 Å². The molecular weight excluding hydrogens is 292 g/mol. The number of hydrazine groups is 1. The van der Waals surface area contributed by atoms with Gasteiger partial charge in [0.1, 0.15) is 0 Å². The Morgan fingerprint density at radius 3 is 2.44 bits per heavy atom. The Kier molecular flexibility index (Phi) is 4.81. The summed E-state index contributed by atoms with van der Waals surface area (Å²) in [5.74, 6) is -0.116. The predicted molar refractivity (Wildman–Crippen MR) is 75.9 cm³/mol. The summed E-state index contributed by atoms with van der Waals surface area (Å²) < 4.78 is 0.969. The van der Waals surface area contributed by atoms with Crippen molar-refractivity contribution in [3.05, 3.63) is 46.1 Å². The van der Waals surface area contributed by atoms with E-state index < -0.39 is 0 Å². The highest BCUT2D eigenvalue weighted by Crippen LogP contribution is 2.21. The van der Waals surface area contributed by atoms with Crippen LogP contribution in [0.25, 0.3) is 0 Å². The number of carbonyl (C=O) groups is 1. The molecule has 1 aromatic carbocycles. The lowest BCUT2D eigenvalue weighted by atomic mass is 9.96. The van der Waals surface area contributed by atoms with Gasteiger partial charge in [-0.25, -0.2) is 0 Å². The van der Waals surface area contributed by atoms with Crippen molar-refractivity contribution in [1.82, 2.24) is 10.9 Å². The predicted octanol–water partition coefficient (Wildman–Crippen LogP) is 3.53. The third-order valence-corrected chi connectivity index (χ3v) is 3.59. The van der Waals surface area contributed by atoms with Gasteiger partial charge in [-0.2, -0.15) is 0 Å². The van der Waals surface area contributed by atoms with E-state index in [9.17, 15) is 4.79 Å². The first kappa shape index (κ1) is 13.1. The van der Waals surface area contributed by atoms with Crippen LogP contribution in [0.4, 0.5) is 0 Å². The Morgan fingerprint density at radius 1 is 1.11 bits per heavy atom. The molecule has 1 saturated carbocycles. The van der Waals surface area contributed by atoms with Crippen LogP contribution >= 0.6 is 15.9 Å². The van der Waals surface area contributed by atoms with Gasteiger partial charge in [0.05, 0.1) is 0 Å². The maximum Gasteiger partial charge on any atom is 0.269 e. The van der Waals surface area contributed by atoms with Crippen LogP contribution in [0, 0.1) is 0 Å². The Bertz CT molecular complexity index is 432. The third kappa shape index (κ3) is 3.88. The van der Waals surface area contributed by atoms with E-state index in [1.165, 1.54) is 24.8 Å². The molecule has 2 N–H and O–H groups in total. The summed E-state index contributed by atoms with van der Waals surface area (Å²) in [7, 11) is 0. The van der Waals surface area contributed by atoms with Gasteiger partial charge < -0.3 is 5.43 Å². The van der Waals surface area contributed by atoms with Crippen LogP contribution in [0.1, 0.15) is 42.5 Å². The van der Waals surface area contributed by atoms with Crippen molar-refractivity contribution < 1.29 is 4.79 Å². The van der Waals surface area contributed by atoms with Crippen molar-refractivity contribution >= 4 is 21.8 Å². The highest BCUT2D eigenvalue weighted by molar-refractivity contribution is 9.10. The van der Waals surface area contributed by atoms with Crippen molar-refractivity contribution in [2.45, 2.75) is 32.1 Å². The number of allylic oxidation sites excluding steroid dienone is 1. The highest BCUT2D eigenvalue weighted by Gasteiger charge is 2.06. The van der Waals surface area contributed by atoms with Gasteiger partial charge in [0, 0.05) is 16.2 Å². The minimum Gasteiger partial charge on any atom is -0.306 e. The monoisotopic (exact) mass is 308 g/mol. The van der Waals surface area contributed by atoms with Gasteiger partial charge in [0.2, 0.25) is 0 Å². The third-order valence-electron chi connectivity index (χ3n) is 3.06. The van der Waals surface area contributed by atoms with E-state index in [0.29, 0.717) is 5.56 Å². The van der Waals surface area contributed by atoms with Crippen LogP contribution in [0.3, 0.4) is 0 Å². The Hall–Kier alpha value is -1.29. The van der Waals surface area contributed by atoms with Gasteiger partial charge in [-0.1, -0.05) is 27.9 Å². The summed E-state index contributed by atoms with van der Waals surface area (Å²) in [6, 6.07) is 7.28. The molecule has 0 spiro atoms. The van der Waals surface area contributed by atoms with Crippen molar-refractivity contribution in [2.75, 3.05) is 0 Å². The minimum atomic E-state index is -0.116. The van der Waals surface area contributed by atoms with Gasteiger partial charge in [-0.15, -0.1) is 0 Å². The van der Waals surface area contributed by atoms with Gasteiger partial charge in [-0.05, 0) is 49.9 Å². The second-order valence-corrected chi connectivity index (χ2v) is 5.38. The number of amides is 1. The van der Waals surface area contributed by atoms with Crippen LogP contribution in [-0.4, -0.2) is 5.91 Å². The molecule has 96 valence electrons. The summed E-state index contributed by atoms with van der Waals surface area (Å²) in [6.45, 7) is 0. The Balaban J connectivity index is 1.82. The van der Waals surface area contributed by atoms with Crippen LogP contribution in [0.15, 0.2) is 40.5 Å². The zero-order chi connectivity index (χ0) is 12.8. The average molecular weight is 309 g/mol. The van der Waals surface area contributed by atoms with Crippen LogP contribution in [-0.2, 0) is 0 Å². The fourth-order valence-electron chi connectivity index (χ4n) is 2.03. The van der Waals surface area contributed by atoms with E-state index in [0.717, 1.165) is 17.3 Å². The lowest BCUT2D eigenvalue weighted by Gasteiger charge is -2.14.